The minimum atomic E-state index is -1.69. The van der Waals surface area contributed by atoms with Crippen LogP contribution in [0.25, 0.3) is 0 Å². The number of amides is 3. The third-order valence-electron chi connectivity index (χ3n) is 4.21. The number of hydrogen-bond acceptors (Lipinski definition) is 9. The number of carboxylic acids is 3. The van der Waals surface area contributed by atoms with Gasteiger partial charge in [0.25, 0.3) is 0 Å². The topological polar surface area (TPSA) is 225 Å². The molecule has 0 spiro atoms. The zero-order valence-electron chi connectivity index (χ0n) is 18.2. The Hall–Kier alpha value is -2.52. The number of aliphatic carboxylic acids is 3. The molecule has 8 N–H and O–H groups in total. The van der Waals surface area contributed by atoms with E-state index < -0.39 is 72.6 Å². The molecule has 0 radical (unpaired) electrons. The van der Waals surface area contributed by atoms with Gasteiger partial charge in [0.1, 0.15) is 18.1 Å². The van der Waals surface area contributed by atoms with Crippen molar-refractivity contribution >= 4 is 59.2 Å². The van der Waals surface area contributed by atoms with Gasteiger partial charge in [-0.3, -0.25) is 24.0 Å². The van der Waals surface area contributed by atoms with Crippen LogP contribution in [0.5, 0.6) is 0 Å². The molecule has 4 atom stereocenters. The first-order chi connectivity index (χ1) is 15.4. The summed E-state index contributed by atoms with van der Waals surface area (Å²) in [5.74, 6) is -5.87. The van der Waals surface area contributed by atoms with E-state index in [1.807, 2.05) is 0 Å². The summed E-state index contributed by atoms with van der Waals surface area (Å²) in [7, 11) is 0. The van der Waals surface area contributed by atoms with E-state index in [4.69, 9.17) is 21.1 Å². The number of rotatable bonds is 17. The smallest absolute Gasteiger partial charge is 0.326 e. The molecule has 0 aromatic heterocycles. The molecule has 13 nitrogen and oxygen atoms in total. The Labute approximate surface area is 199 Å². The molecule has 0 rings (SSSR count). The highest BCUT2D eigenvalue weighted by molar-refractivity contribution is 7.98. The van der Waals surface area contributed by atoms with Crippen molar-refractivity contribution in [2.24, 2.45) is 5.73 Å². The predicted octanol–water partition coefficient (Wildman–Crippen LogP) is -1.69. The van der Waals surface area contributed by atoms with Crippen LogP contribution < -0.4 is 21.7 Å². The van der Waals surface area contributed by atoms with Gasteiger partial charge in [-0.15, -0.1) is 0 Å². The van der Waals surface area contributed by atoms with Crippen LogP contribution in [0.2, 0.25) is 0 Å². The molecule has 3 amide bonds. The van der Waals surface area contributed by atoms with E-state index in [1.54, 1.807) is 12.5 Å². The minimum absolute atomic E-state index is 0.111. The van der Waals surface area contributed by atoms with Crippen molar-refractivity contribution in [3.05, 3.63) is 0 Å². The van der Waals surface area contributed by atoms with Gasteiger partial charge in [0, 0.05) is 0 Å². The van der Waals surface area contributed by atoms with Crippen LogP contribution in [0.1, 0.15) is 25.7 Å². The molecule has 0 heterocycles. The third-order valence-corrected chi connectivity index (χ3v) is 5.50. The predicted molar refractivity (Wildman–Crippen MR) is 122 cm³/mol. The van der Waals surface area contributed by atoms with Gasteiger partial charge in [-0.1, -0.05) is 0 Å². The number of nitrogens with one attached hydrogen (secondary N) is 3. The van der Waals surface area contributed by atoms with E-state index in [0.717, 1.165) is 0 Å². The summed E-state index contributed by atoms with van der Waals surface area (Å²) in [4.78, 5) is 70.5. The molecular weight excluding hydrogens is 480 g/mol. The molecule has 0 aliphatic heterocycles. The molecule has 0 aromatic rings. The van der Waals surface area contributed by atoms with Crippen molar-refractivity contribution in [3.8, 4) is 0 Å². The van der Waals surface area contributed by atoms with Gasteiger partial charge in [0.15, 0.2) is 0 Å². The Morgan fingerprint density at radius 3 is 1.45 bits per heavy atom. The van der Waals surface area contributed by atoms with E-state index >= 15 is 0 Å². The maximum atomic E-state index is 12.8. The van der Waals surface area contributed by atoms with E-state index in [2.05, 4.69) is 16.0 Å². The zero-order valence-corrected chi connectivity index (χ0v) is 19.9. The van der Waals surface area contributed by atoms with E-state index in [1.165, 1.54) is 23.5 Å². The number of thioether (sulfide) groups is 2. The Kier molecular flexibility index (Phi) is 14.9. The molecule has 0 bridgehead atoms. The van der Waals surface area contributed by atoms with Gasteiger partial charge in [0.2, 0.25) is 17.7 Å². The molecule has 33 heavy (non-hydrogen) atoms. The highest BCUT2D eigenvalue weighted by atomic mass is 32.2. The van der Waals surface area contributed by atoms with Crippen molar-refractivity contribution in [2.75, 3.05) is 24.0 Å². The number of hydrogen-bond donors (Lipinski definition) is 7. The summed E-state index contributed by atoms with van der Waals surface area (Å²) in [6.07, 6.45) is 2.31. The maximum Gasteiger partial charge on any atom is 0.326 e. The van der Waals surface area contributed by atoms with E-state index in [0.29, 0.717) is 11.5 Å². The zero-order chi connectivity index (χ0) is 25.6. The number of carbonyl (C=O) groups excluding carboxylic acids is 3. The summed E-state index contributed by atoms with van der Waals surface area (Å²) in [5, 5.41) is 33.7. The molecule has 4 unspecified atom stereocenters. The van der Waals surface area contributed by atoms with Crippen LogP contribution >= 0.6 is 23.5 Å². The molecule has 0 saturated carbocycles. The van der Waals surface area contributed by atoms with E-state index in [9.17, 15) is 28.8 Å². The fraction of sp³-hybridized carbons (Fsp3) is 0.667. The lowest BCUT2D eigenvalue weighted by molar-refractivity contribution is -0.147. The minimum Gasteiger partial charge on any atom is -0.481 e. The summed E-state index contributed by atoms with van der Waals surface area (Å²) in [5.41, 5.74) is 5.53. The third kappa shape index (κ3) is 12.9. The first-order valence-corrected chi connectivity index (χ1v) is 12.5. The second-order valence-corrected chi connectivity index (χ2v) is 8.86. The molecular formula is C18H30N4O9S2. The average molecular weight is 511 g/mol. The lowest BCUT2D eigenvalue weighted by atomic mass is 10.1. The number of carbonyl (C=O) groups is 6. The molecule has 15 heteroatoms. The monoisotopic (exact) mass is 510 g/mol. The second-order valence-electron chi connectivity index (χ2n) is 6.89. The van der Waals surface area contributed by atoms with Crippen molar-refractivity contribution in [1.82, 2.24) is 16.0 Å². The van der Waals surface area contributed by atoms with Crippen molar-refractivity contribution in [3.63, 3.8) is 0 Å². The largest absolute Gasteiger partial charge is 0.481 e. The highest BCUT2D eigenvalue weighted by Gasteiger charge is 2.31. The van der Waals surface area contributed by atoms with Crippen LogP contribution in [0, 0.1) is 0 Å². The molecule has 0 saturated heterocycles. The molecule has 188 valence electrons. The Balaban J connectivity index is 5.44. The molecule has 0 aliphatic carbocycles. The highest BCUT2D eigenvalue weighted by Crippen LogP contribution is 2.07. The fourth-order valence-corrected chi connectivity index (χ4v) is 3.43. The lowest BCUT2D eigenvalue weighted by Gasteiger charge is -2.24. The maximum absolute atomic E-state index is 12.8. The lowest BCUT2D eigenvalue weighted by Crippen LogP contribution is -2.57. The van der Waals surface area contributed by atoms with Gasteiger partial charge in [0.05, 0.1) is 18.9 Å². The van der Waals surface area contributed by atoms with Crippen LogP contribution in [-0.4, -0.2) is 99.1 Å². The Bertz CT molecular complexity index is 723. The summed E-state index contributed by atoms with van der Waals surface area (Å²) in [6.45, 7) is 0. The molecule has 0 aromatic carbocycles. The van der Waals surface area contributed by atoms with Crippen molar-refractivity contribution in [1.29, 1.82) is 0 Å². The SMILES string of the molecule is CSCCC(NC(=O)C(N)CC(=O)O)C(=O)NC(CCSC)C(=O)NC(CC(=O)O)C(=O)O. The first-order valence-electron chi connectivity index (χ1n) is 9.73. The Morgan fingerprint density at radius 2 is 1.09 bits per heavy atom. The van der Waals surface area contributed by atoms with Crippen LogP contribution in [0.15, 0.2) is 0 Å². The van der Waals surface area contributed by atoms with Gasteiger partial charge < -0.3 is 37.0 Å². The van der Waals surface area contributed by atoms with E-state index in [-0.39, 0.29) is 12.8 Å². The van der Waals surface area contributed by atoms with Gasteiger partial charge in [-0.25, -0.2) is 4.79 Å². The number of nitrogens with two attached hydrogens (primary N) is 1. The molecule has 0 fully saturated rings. The fourth-order valence-electron chi connectivity index (χ4n) is 2.49. The summed E-state index contributed by atoms with van der Waals surface area (Å²) >= 11 is 2.76. The van der Waals surface area contributed by atoms with Crippen LogP contribution in [-0.2, 0) is 28.8 Å². The average Bonchev–Trinajstić information content (AvgIpc) is 2.72. The number of carboxylic acid groups (broad SMARTS) is 3. The quantitative estimate of drug-likeness (QED) is 0.116. The molecule has 0 aliphatic rings. The van der Waals surface area contributed by atoms with Crippen LogP contribution in [0.4, 0.5) is 0 Å². The van der Waals surface area contributed by atoms with Gasteiger partial charge in [-0.05, 0) is 36.9 Å². The van der Waals surface area contributed by atoms with Gasteiger partial charge in [-0.2, -0.15) is 23.5 Å². The van der Waals surface area contributed by atoms with Gasteiger partial charge >= 0.3 is 17.9 Å². The second kappa shape index (κ2) is 16.1. The summed E-state index contributed by atoms with van der Waals surface area (Å²) < 4.78 is 0. The standard InChI is InChI=1S/C18H30N4O9S2/c1-32-5-3-10(20-15(27)9(19)7-13(23)24)16(28)21-11(4-6-33-2)17(29)22-12(18(30)31)8-14(25)26/h9-12H,3-8,19H2,1-2H3,(H,20,27)(H,21,28)(H,22,29)(H,23,24)(H,25,26)(H,30,31). The van der Waals surface area contributed by atoms with Crippen molar-refractivity contribution in [2.45, 2.75) is 49.9 Å². The summed E-state index contributed by atoms with van der Waals surface area (Å²) in [6, 6.07) is -5.38. The Morgan fingerprint density at radius 1 is 0.697 bits per heavy atom. The first kappa shape index (κ1) is 30.5. The van der Waals surface area contributed by atoms with Crippen molar-refractivity contribution < 1.29 is 44.1 Å². The van der Waals surface area contributed by atoms with Crippen LogP contribution in [0.3, 0.4) is 0 Å². The normalized spacial score (nSPS) is 14.3.